The molecule has 0 unspecified atom stereocenters. The zero-order chi connectivity index (χ0) is 14.4. The summed E-state index contributed by atoms with van der Waals surface area (Å²) in [7, 11) is 0. The lowest BCUT2D eigenvalue weighted by atomic mass is 10.3. The van der Waals surface area contributed by atoms with Crippen LogP contribution in [0.4, 0.5) is 5.69 Å². The second kappa shape index (κ2) is 7.21. The number of carbonyl (C=O) groups excluding carboxylic acids is 1. The van der Waals surface area contributed by atoms with Gasteiger partial charge in [-0.25, -0.2) is 0 Å². The van der Waals surface area contributed by atoms with E-state index in [0.29, 0.717) is 0 Å². The van der Waals surface area contributed by atoms with Gasteiger partial charge in [-0.3, -0.25) is 4.79 Å². The van der Waals surface area contributed by atoms with Crippen molar-refractivity contribution < 1.29 is 9.63 Å². The molecule has 0 bridgehead atoms. The van der Waals surface area contributed by atoms with Gasteiger partial charge >= 0.3 is 0 Å². The van der Waals surface area contributed by atoms with E-state index in [2.05, 4.69) is 26.4 Å². The van der Waals surface area contributed by atoms with Crippen molar-refractivity contribution in [3.05, 3.63) is 51.1 Å². The molecule has 6 heteroatoms. The van der Waals surface area contributed by atoms with Gasteiger partial charge in [0.15, 0.2) is 6.61 Å². The van der Waals surface area contributed by atoms with E-state index in [0.717, 1.165) is 20.7 Å². The van der Waals surface area contributed by atoms with E-state index in [4.69, 9.17) is 4.84 Å². The van der Waals surface area contributed by atoms with Crippen LogP contribution in [-0.4, -0.2) is 18.2 Å². The molecule has 1 amide bonds. The van der Waals surface area contributed by atoms with E-state index >= 15 is 0 Å². The van der Waals surface area contributed by atoms with Crippen molar-refractivity contribution in [2.75, 3.05) is 11.9 Å². The normalized spacial score (nSPS) is 11.2. The van der Waals surface area contributed by atoms with Crippen molar-refractivity contribution in [3.63, 3.8) is 0 Å². The Morgan fingerprint density at radius 2 is 2.10 bits per heavy atom. The fourth-order valence-corrected chi connectivity index (χ4v) is 2.38. The zero-order valence-electron chi connectivity index (χ0n) is 10.8. The smallest absolute Gasteiger partial charge is 0.265 e. The highest BCUT2D eigenvalue weighted by Crippen LogP contribution is 2.14. The summed E-state index contributed by atoms with van der Waals surface area (Å²) in [5.41, 5.74) is 1.48. The highest BCUT2D eigenvalue weighted by atomic mass is 79.9. The monoisotopic (exact) mass is 352 g/mol. The third-order valence-corrected chi connectivity index (χ3v) is 3.91. The lowest BCUT2D eigenvalue weighted by Crippen LogP contribution is -2.17. The number of anilines is 1. The minimum Gasteiger partial charge on any atom is -0.385 e. The Bertz CT molecular complexity index is 594. The molecule has 1 heterocycles. The Hall–Kier alpha value is -1.66. The van der Waals surface area contributed by atoms with E-state index in [-0.39, 0.29) is 12.5 Å². The SMILES string of the molecule is C/C(=N/OCC(=O)Nc1ccc(Br)cc1)c1cccs1. The maximum atomic E-state index is 11.7. The van der Waals surface area contributed by atoms with Crippen molar-refractivity contribution in [1.82, 2.24) is 0 Å². The Kier molecular flexibility index (Phi) is 5.31. The second-order valence-electron chi connectivity index (χ2n) is 3.98. The number of rotatable bonds is 5. The van der Waals surface area contributed by atoms with Crippen LogP contribution in [0.5, 0.6) is 0 Å². The first-order valence-electron chi connectivity index (χ1n) is 5.91. The number of thiophene rings is 1. The largest absolute Gasteiger partial charge is 0.385 e. The molecule has 2 aromatic rings. The first kappa shape index (κ1) is 14.7. The van der Waals surface area contributed by atoms with Crippen LogP contribution in [0.3, 0.4) is 0 Å². The minimum atomic E-state index is -0.241. The summed E-state index contributed by atoms with van der Waals surface area (Å²) in [6, 6.07) is 11.2. The van der Waals surface area contributed by atoms with Crippen LogP contribution in [0.15, 0.2) is 51.4 Å². The van der Waals surface area contributed by atoms with Gasteiger partial charge in [0.1, 0.15) is 0 Å². The molecule has 0 spiro atoms. The summed E-state index contributed by atoms with van der Waals surface area (Å²) in [5, 5.41) is 8.61. The molecule has 104 valence electrons. The maximum absolute atomic E-state index is 11.7. The van der Waals surface area contributed by atoms with Crippen LogP contribution in [0.25, 0.3) is 0 Å². The van der Waals surface area contributed by atoms with Gasteiger partial charge < -0.3 is 10.2 Å². The van der Waals surface area contributed by atoms with Crippen LogP contribution in [0.1, 0.15) is 11.8 Å². The number of nitrogens with zero attached hydrogens (tertiary/aromatic N) is 1. The van der Waals surface area contributed by atoms with Gasteiger partial charge in [0.25, 0.3) is 5.91 Å². The molecule has 0 atom stereocenters. The number of benzene rings is 1. The molecule has 0 saturated carbocycles. The fraction of sp³-hybridized carbons (Fsp3) is 0.143. The molecule has 0 radical (unpaired) electrons. The van der Waals surface area contributed by atoms with Gasteiger partial charge in [0.2, 0.25) is 0 Å². The molecular weight excluding hydrogens is 340 g/mol. The van der Waals surface area contributed by atoms with Crippen LogP contribution in [-0.2, 0) is 9.63 Å². The van der Waals surface area contributed by atoms with E-state index in [1.807, 2.05) is 48.7 Å². The summed E-state index contributed by atoms with van der Waals surface area (Å²) in [5.74, 6) is -0.241. The minimum absolute atomic E-state index is 0.112. The molecule has 0 aliphatic heterocycles. The lowest BCUT2D eigenvalue weighted by molar-refractivity contribution is -0.120. The van der Waals surface area contributed by atoms with Crippen molar-refractivity contribution in [1.29, 1.82) is 0 Å². The zero-order valence-corrected chi connectivity index (χ0v) is 13.2. The molecule has 2 rings (SSSR count). The van der Waals surface area contributed by atoms with Gasteiger partial charge in [-0.15, -0.1) is 11.3 Å². The summed E-state index contributed by atoms with van der Waals surface area (Å²) >= 11 is 4.91. The van der Waals surface area contributed by atoms with E-state index in [1.54, 1.807) is 11.3 Å². The first-order valence-corrected chi connectivity index (χ1v) is 7.58. The summed E-state index contributed by atoms with van der Waals surface area (Å²) < 4.78 is 0.961. The highest BCUT2D eigenvalue weighted by molar-refractivity contribution is 9.10. The molecule has 4 nitrogen and oxygen atoms in total. The third kappa shape index (κ3) is 4.47. The Labute approximate surface area is 129 Å². The molecule has 1 aromatic carbocycles. The average Bonchev–Trinajstić information content (AvgIpc) is 2.95. The van der Waals surface area contributed by atoms with Crippen molar-refractivity contribution >= 4 is 44.6 Å². The van der Waals surface area contributed by atoms with E-state index in [1.165, 1.54) is 0 Å². The van der Waals surface area contributed by atoms with Crippen LogP contribution >= 0.6 is 27.3 Å². The summed E-state index contributed by atoms with van der Waals surface area (Å²) in [6.07, 6.45) is 0. The number of halogens is 1. The number of amides is 1. The number of hydrogen-bond acceptors (Lipinski definition) is 4. The summed E-state index contributed by atoms with van der Waals surface area (Å²) in [4.78, 5) is 17.7. The number of carbonyl (C=O) groups is 1. The van der Waals surface area contributed by atoms with Crippen molar-refractivity contribution in [2.45, 2.75) is 6.92 Å². The molecule has 0 aliphatic rings. The molecule has 20 heavy (non-hydrogen) atoms. The Morgan fingerprint density at radius 3 is 2.75 bits per heavy atom. The Morgan fingerprint density at radius 1 is 1.35 bits per heavy atom. The predicted molar refractivity (Wildman–Crippen MR) is 85.3 cm³/mol. The molecular formula is C14H13BrN2O2S. The van der Waals surface area contributed by atoms with Gasteiger partial charge in [-0.1, -0.05) is 27.2 Å². The molecule has 1 aromatic heterocycles. The topological polar surface area (TPSA) is 50.7 Å². The predicted octanol–water partition coefficient (Wildman–Crippen LogP) is 3.89. The van der Waals surface area contributed by atoms with Crippen LogP contribution in [0.2, 0.25) is 0 Å². The highest BCUT2D eigenvalue weighted by Gasteiger charge is 2.03. The van der Waals surface area contributed by atoms with Crippen molar-refractivity contribution in [3.8, 4) is 0 Å². The number of oxime groups is 1. The maximum Gasteiger partial charge on any atom is 0.265 e. The molecule has 1 N–H and O–H groups in total. The molecule has 0 saturated heterocycles. The fourth-order valence-electron chi connectivity index (χ4n) is 1.45. The molecule has 0 fully saturated rings. The van der Waals surface area contributed by atoms with Crippen molar-refractivity contribution in [2.24, 2.45) is 5.16 Å². The standard InChI is InChI=1S/C14H13BrN2O2S/c1-10(13-3-2-8-20-13)17-19-9-14(18)16-12-6-4-11(15)5-7-12/h2-8H,9H2,1H3,(H,16,18)/b17-10-. The van der Waals surface area contributed by atoms with Gasteiger partial charge in [0.05, 0.1) is 10.6 Å². The van der Waals surface area contributed by atoms with E-state index in [9.17, 15) is 4.79 Å². The third-order valence-electron chi connectivity index (χ3n) is 2.40. The lowest BCUT2D eigenvalue weighted by Gasteiger charge is -2.04. The van der Waals surface area contributed by atoms with Crippen LogP contribution in [0, 0.1) is 0 Å². The second-order valence-corrected chi connectivity index (χ2v) is 5.85. The number of hydrogen-bond donors (Lipinski definition) is 1. The quantitative estimate of drug-likeness (QED) is 0.655. The average molecular weight is 353 g/mol. The summed E-state index contributed by atoms with van der Waals surface area (Å²) in [6.45, 7) is 1.73. The first-order chi connectivity index (χ1) is 9.65. The number of nitrogens with one attached hydrogen (secondary N) is 1. The Balaban J connectivity index is 1.81. The van der Waals surface area contributed by atoms with Crippen LogP contribution < -0.4 is 5.32 Å². The van der Waals surface area contributed by atoms with Gasteiger partial charge in [0, 0.05) is 10.2 Å². The molecule has 0 aliphatic carbocycles. The van der Waals surface area contributed by atoms with E-state index < -0.39 is 0 Å². The van der Waals surface area contributed by atoms with Gasteiger partial charge in [-0.05, 0) is 42.6 Å². The van der Waals surface area contributed by atoms with Gasteiger partial charge in [-0.2, -0.15) is 0 Å².